The molecule has 0 aliphatic heterocycles. The number of benzene rings is 2. The fraction of sp³-hybridized carbons (Fsp3) is 0.250. The highest BCUT2D eigenvalue weighted by atomic mass is 16.3. The summed E-state index contributed by atoms with van der Waals surface area (Å²) in [5, 5.41) is 15.6. The second kappa shape index (κ2) is 6.29. The molecular weight excluding hydrogens is 284 g/mol. The van der Waals surface area contributed by atoms with Gasteiger partial charge in [0.05, 0.1) is 16.9 Å². The summed E-state index contributed by atoms with van der Waals surface area (Å²) in [4.78, 5) is 0. The van der Waals surface area contributed by atoms with E-state index in [2.05, 4.69) is 13.8 Å². The molecule has 0 radical (unpaired) electrons. The van der Waals surface area contributed by atoms with Gasteiger partial charge in [-0.1, -0.05) is 62.4 Å². The van der Waals surface area contributed by atoms with E-state index < -0.39 is 0 Å². The van der Waals surface area contributed by atoms with E-state index in [1.165, 1.54) is 0 Å². The third kappa shape index (κ3) is 3.00. The second-order valence-electron chi connectivity index (χ2n) is 6.31. The molecule has 0 amide bonds. The van der Waals surface area contributed by atoms with Gasteiger partial charge in [-0.25, -0.2) is 4.68 Å². The smallest absolute Gasteiger partial charge is 0.222 e. The molecule has 0 saturated heterocycles. The molecule has 3 heteroatoms. The number of para-hydroxylation sites is 1. The fourth-order valence-electron chi connectivity index (χ4n) is 2.85. The molecule has 3 rings (SSSR count). The molecule has 3 nitrogen and oxygen atoms in total. The van der Waals surface area contributed by atoms with Gasteiger partial charge >= 0.3 is 0 Å². The Balaban J connectivity index is 2.21. The van der Waals surface area contributed by atoms with Crippen molar-refractivity contribution < 1.29 is 5.11 Å². The van der Waals surface area contributed by atoms with Crippen molar-refractivity contribution >= 4 is 0 Å². The van der Waals surface area contributed by atoms with E-state index in [0.29, 0.717) is 5.92 Å². The van der Waals surface area contributed by atoms with Crippen molar-refractivity contribution in [3.8, 4) is 22.7 Å². The van der Waals surface area contributed by atoms with Gasteiger partial charge in [-0.05, 0) is 36.5 Å². The lowest BCUT2D eigenvalue weighted by Crippen LogP contribution is -2.01. The second-order valence-corrected chi connectivity index (χ2v) is 6.31. The van der Waals surface area contributed by atoms with Crippen molar-refractivity contribution in [3.63, 3.8) is 0 Å². The normalized spacial score (nSPS) is 11.1. The molecule has 1 N–H and O–H groups in total. The minimum absolute atomic E-state index is 0.209. The molecule has 0 saturated carbocycles. The van der Waals surface area contributed by atoms with Gasteiger partial charge < -0.3 is 5.11 Å². The quantitative estimate of drug-likeness (QED) is 0.755. The van der Waals surface area contributed by atoms with Gasteiger partial charge in [0.25, 0.3) is 0 Å². The zero-order valence-corrected chi connectivity index (χ0v) is 13.8. The van der Waals surface area contributed by atoms with Crippen LogP contribution in [-0.4, -0.2) is 14.9 Å². The van der Waals surface area contributed by atoms with Crippen molar-refractivity contribution in [2.75, 3.05) is 0 Å². The van der Waals surface area contributed by atoms with Gasteiger partial charge in [0.1, 0.15) is 0 Å². The van der Waals surface area contributed by atoms with Crippen LogP contribution in [0, 0.1) is 12.8 Å². The molecule has 1 aromatic heterocycles. The Morgan fingerprint density at radius 1 is 1.00 bits per heavy atom. The largest absolute Gasteiger partial charge is 0.493 e. The lowest BCUT2D eigenvalue weighted by Gasteiger charge is -2.07. The topological polar surface area (TPSA) is 38.0 Å². The molecule has 0 aliphatic carbocycles. The molecule has 0 bridgehead atoms. The highest BCUT2D eigenvalue weighted by Crippen LogP contribution is 2.36. The summed E-state index contributed by atoms with van der Waals surface area (Å²) in [7, 11) is 0. The van der Waals surface area contributed by atoms with Crippen molar-refractivity contribution in [2.45, 2.75) is 27.2 Å². The minimum atomic E-state index is 0.209. The molecule has 0 unspecified atom stereocenters. The van der Waals surface area contributed by atoms with E-state index in [1.54, 1.807) is 4.68 Å². The van der Waals surface area contributed by atoms with Crippen molar-refractivity contribution in [3.05, 3.63) is 65.9 Å². The van der Waals surface area contributed by atoms with Crippen LogP contribution in [-0.2, 0) is 6.42 Å². The number of rotatable bonds is 4. The Hall–Kier alpha value is -2.55. The standard InChI is InChI=1S/C20H22N2O/c1-14(2)13-17-19(16-10-5-4-6-11-16)20(23)22(21-17)18-12-8-7-9-15(18)3/h4-12,14,23H,13H2,1-3H3. The fourth-order valence-corrected chi connectivity index (χ4v) is 2.85. The number of nitrogens with zero attached hydrogens (tertiary/aromatic N) is 2. The SMILES string of the molecule is Cc1ccccc1-n1nc(CC(C)C)c(-c2ccccc2)c1O. The molecule has 2 aromatic carbocycles. The predicted molar refractivity (Wildman–Crippen MR) is 93.9 cm³/mol. The van der Waals surface area contributed by atoms with E-state index in [0.717, 1.165) is 34.5 Å². The van der Waals surface area contributed by atoms with Crippen LogP contribution in [0.1, 0.15) is 25.1 Å². The molecule has 0 aliphatic rings. The van der Waals surface area contributed by atoms with Crippen molar-refractivity contribution in [1.29, 1.82) is 0 Å². The summed E-state index contributed by atoms with van der Waals surface area (Å²) < 4.78 is 1.66. The zero-order chi connectivity index (χ0) is 16.4. The Kier molecular flexibility index (Phi) is 4.20. The maximum Gasteiger partial charge on any atom is 0.222 e. The summed E-state index contributed by atoms with van der Waals surface area (Å²) in [5.41, 5.74) is 4.77. The van der Waals surface area contributed by atoms with Crippen molar-refractivity contribution in [1.82, 2.24) is 9.78 Å². The number of aryl methyl sites for hydroxylation is 1. The first-order valence-corrected chi connectivity index (χ1v) is 8.00. The van der Waals surface area contributed by atoms with Crippen LogP contribution in [0.15, 0.2) is 54.6 Å². The van der Waals surface area contributed by atoms with E-state index in [-0.39, 0.29) is 5.88 Å². The number of aromatic nitrogens is 2. The maximum absolute atomic E-state index is 10.9. The van der Waals surface area contributed by atoms with Gasteiger partial charge in [0, 0.05) is 0 Å². The van der Waals surface area contributed by atoms with Crippen LogP contribution >= 0.6 is 0 Å². The summed E-state index contributed by atoms with van der Waals surface area (Å²) in [6.45, 7) is 6.36. The van der Waals surface area contributed by atoms with Crippen LogP contribution in [0.25, 0.3) is 16.8 Å². The summed E-state index contributed by atoms with van der Waals surface area (Å²) in [6, 6.07) is 18.0. The summed E-state index contributed by atoms with van der Waals surface area (Å²) >= 11 is 0. The van der Waals surface area contributed by atoms with E-state index in [9.17, 15) is 5.11 Å². The lowest BCUT2D eigenvalue weighted by atomic mass is 10.00. The van der Waals surface area contributed by atoms with E-state index in [4.69, 9.17) is 5.10 Å². The van der Waals surface area contributed by atoms with Crippen LogP contribution in [0.4, 0.5) is 0 Å². The first-order chi connectivity index (χ1) is 11.1. The average molecular weight is 306 g/mol. The third-order valence-electron chi connectivity index (χ3n) is 3.94. The average Bonchev–Trinajstić information content (AvgIpc) is 2.84. The van der Waals surface area contributed by atoms with Gasteiger partial charge in [-0.3, -0.25) is 0 Å². The molecule has 1 heterocycles. The lowest BCUT2D eigenvalue weighted by molar-refractivity contribution is 0.435. The first kappa shape index (κ1) is 15.3. The molecule has 0 fully saturated rings. The Morgan fingerprint density at radius 3 is 2.30 bits per heavy atom. The Morgan fingerprint density at radius 2 is 1.65 bits per heavy atom. The third-order valence-corrected chi connectivity index (χ3v) is 3.94. The number of hydrogen-bond acceptors (Lipinski definition) is 2. The Bertz CT molecular complexity index is 804. The van der Waals surface area contributed by atoms with Crippen LogP contribution in [0.5, 0.6) is 5.88 Å². The molecule has 118 valence electrons. The van der Waals surface area contributed by atoms with Gasteiger partial charge in [0.2, 0.25) is 5.88 Å². The molecular formula is C20H22N2O. The van der Waals surface area contributed by atoms with Crippen LogP contribution in [0.3, 0.4) is 0 Å². The number of aromatic hydroxyl groups is 1. The summed E-state index contributed by atoms with van der Waals surface area (Å²) in [5.74, 6) is 0.679. The molecule has 0 atom stereocenters. The highest BCUT2D eigenvalue weighted by Gasteiger charge is 2.21. The van der Waals surface area contributed by atoms with Crippen LogP contribution < -0.4 is 0 Å². The number of hydrogen-bond donors (Lipinski definition) is 1. The Labute approximate surface area is 137 Å². The van der Waals surface area contributed by atoms with Gasteiger partial charge in [-0.15, -0.1) is 0 Å². The van der Waals surface area contributed by atoms with E-state index in [1.807, 2.05) is 61.5 Å². The van der Waals surface area contributed by atoms with Crippen molar-refractivity contribution in [2.24, 2.45) is 5.92 Å². The zero-order valence-electron chi connectivity index (χ0n) is 13.8. The molecule has 0 spiro atoms. The van der Waals surface area contributed by atoms with Crippen LogP contribution in [0.2, 0.25) is 0 Å². The van der Waals surface area contributed by atoms with Gasteiger partial charge in [-0.2, -0.15) is 5.10 Å². The predicted octanol–water partition coefficient (Wildman–Crippen LogP) is 4.75. The maximum atomic E-state index is 10.9. The van der Waals surface area contributed by atoms with Gasteiger partial charge in [0.15, 0.2) is 0 Å². The van der Waals surface area contributed by atoms with E-state index >= 15 is 0 Å². The first-order valence-electron chi connectivity index (χ1n) is 8.00. The monoisotopic (exact) mass is 306 g/mol. The minimum Gasteiger partial charge on any atom is -0.493 e. The molecule has 23 heavy (non-hydrogen) atoms. The highest BCUT2D eigenvalue weighted by molar-refractivity contribution is 5.72. The molecule has 3 aromatic rings. The summed E-state index contributed by atoms with van der Waals surface area (Å²) in [6.07, 6.45) is 0.830.